The second kappa shape index (κ2) is 8.22. The molecule has 2 amide bonds. The van der Waals surface area contributed by atoms with E-state index < -0.39 is 35.7 Å². The maximum atomic E-state index is 13.9. The maximum absolute atomic E-state index is 13.9. The average molecular weight is 436 g/mol. The molecule has 9 heteroatoms. The first-order valence-corrected chi connectivity index (χ1v) is 9.64. The Hall–Kier alpha value is -3.07. The number of ether oxygens (including phenoxy) is 1. The molecule has 31 heavy (non-hydrogen) atoms. The highest BCUT2D eigenvalue weighted by molar-refractivity contribution is 6.00. The normalized spacial score (nSPS) is 23.8. The number of aliphatic hydroxyl groups is 1. The minimum absolute atomic E-state index is 0.0600. The molecule has 0 radical (unpaired) electrons. The number of urea groups is 1. The first kappa shape index (κ1) is 22.6. The van der Waals surface area contributed by atoms with Gasteiger partial charge in [0.05, 0.1) is 13.2 Å². The van der Waals surface area contributed by atoms with Gasteiger partial charge in [-0.15, -0.1) is 0 Å². The highest BCUT2D eigenvalue weighted by atomic mass is 19.4. The van der Waals surface area contributed by atoms with Gasteiger partial charge in [-0.2, -0.15) is 13.2 Å². The van der Waals surface area contributed by atoms with E-state index in [0.717, 1.165) is 5.56 Å². The number of halogens is 3. The lowest BCUT2D eigenvalue weighted by Gasteiger charge is -2.45. The van der Waals surface area contributed by atoms with Crippen LogP contribution < -0.4 is 15.4 Å². The van der Waals surface area contributed by atoms with Gasteiger partial charge in [0.15, 0.2) is 5.78 Å². The quantitative estimate of drug-likeness (QED) is 0.620. The summed E-state index contributed by atoms with van der Waals surface area (Å²) >= 11 is 0. The van der Waals surface area contributed by atoms with Gasteiger partial charge in [-0.1, -0.05) is 38.1 Å². The van der Waals surface area contributed by atoms with E-state index in [1.165, 1.54) is 36.7 Å². The Morgan fingerprint density at radius 3 is 2.16 bits per heavy atom. The number of carbonyl (C=O) groups excluding carboxylic acids is 2. The summed E-state index contributed by atoms with van der Waals surface area (Å²) in [5.41, 5.74) is -2.61. The lowest BCUT2D eigenvalue weighted by Crippen LogP contribution is -2.72. The molecule has 2 aromatic rings. The average Bonchev–Trinajstić information content (AvgIpc) is 2.72. The van der Waals surface area contributed by atoms with Gasteiger partial charge in [-0.3, -0.25) is 4.79 Å². The number of rotatable bonds is 5. The molecule has 0 unspecified atom stereocenters. The molecule has 2 aromatic carbocycles. The predicted octanol–water partition coefficient (Wildman–Crippen LogP) is 3.92. The molecule has 3 rings (SSSR count). The summed E-state index contributed by atoms with van der Waals surface area (Å²) in [5, 5.41) is 14.5. The van der Waals surface area contributed by atoms with E-state index in [0.29, 0.717) is 5.75 Å². The van der Waals surface area contributed by atoms with Crippen molar-refractivity contribution in [2.24, 2.45) is 5.92 Å². The van der Waals surface area contributed by atoms with Gasteiger partial charge in [0.2, 0.25) is 5.72 Å². The van der Waals surface area contributed by atoms with Crippen LogP contribution in [0, 0.1) is 5.92 Å². The molecule has 6 nitrogen and oxygen atoms in total. The lowest BCUT2D eigenvalue weighted by atomic mass is 9.77. The number of amides is 2. The van der Waals surface area contributed by atoms with Crippen LogP contribution in [0.15, 0.2) is 48.5 Å². The summed E-state index contributed by atoms with van der Waals surface area (Å²) in [4.78, 5) is 25.3. The summed E-state index contributed by atoms with van der Waals surface area (Å²) in [6, 6.07) is 9.40. The fourth-order valence-corrected chi connectivity index (χ4v) is 3.64. The molecular formula is C22H23F3N2O4. The molecule has 0 aliphatic carbocycles. The van der Waals surface area contributed by atoms with Crippen molar-refractivity contribution in [2.75, 3.05) is 7.11 Å². The van der Waals surface area contributed by atoms with Crippen molar-refractivity contribution in [3.63, 3.8) is 0 Å². The van der Waals surface area contributed by atoms with Gasteiger partial charge >= 0.3 is 12.2 Å². The zero-order chi connectivity index (χ0) is 23.0. The first-order valence-electron chi connectivity index (χ1n) is 9.64. The number of carbonyl (C=O) groups is 2. The number of nitrogens with one attached hydrogen (secondary N) is 2. The minimum atomic E-state index is -5.30. The molecule has 166 valence electrons. The Morgan fingerprint density at radius 1 is 1.10 bits per heavy atom. The Morgan fingerprint density at radius 2 is 1.68 bits per heavy atom. The van der Waals surface area contributed by atoms with Crippen molar-refractivity contribution in [2.45, 2.75) is 37.7 Å². The first-order chi connectivity index (χ1) is 14.5. The highest BCUT2D eigenvalue weighted by Crippen LogP contribution is 2.44. The van der Waals surface area contributed by atoms with Gasteiger partial charge in [0, 0.05) is 5.56 Å². The van der Waals surface area contributed by atoms with E-state index in [1.54, 1.807) is 24.3 Å². The van der Waals surface area contributed by atoms with Gasteiger partial charge in [0.1, 0.15) is 11.7 Å². The van der Waals surface area contributed by atoms with Crippen LogP contribution in [0.3, 0.4) is 0 Å². The summed E-state index contributed by atoms with van der Waals surface area (Å²) < 4.78 is 46.8. The fourth-order valence-electron chi connectivity index (χ4n) is 3.64. The molecule has 1 fully saturated rings. The van der Waals surface area contributed by atoms with Gasteiger partial charge in [0.25, 0.3) is 0 Å². The fraction of sp³-hybridized carbons (Fsp3) is 0.364. The van der Waals surface area contributed by atoms with E-state index >= 15 is 0 Å². The Balaban J connectivity index is 2.11. The van der Waals surface area contributed by atoms with E-state index in [1.807, 2.05) is 13.8 Å². The molecular weight excluding hydrogens is 413 g/mol. The monoisotopic (exact) mass is 436 g/mol. The third-order valence-corrected chi connectivity index (χ3v) is 5.43. The van der Waals surface area contributed by atoms with Crippen molar-refractivity contribution in [1.29, 1.82) is 0 Å². The molecule has 1 heterocycles. The zero-order valence-electron chi connectivity index (χ0n) is 17.2. The summed E-state index contributed by atoms with van der Waals surface area (Å²) in [6.07, 6.45) is -5.30. The van der Waals surface area contributed by atoms with Crippen molar-refractivity contribution in [3.05, 3.63) is 65.2 Å². The zero-order valence-corrected chi connectivity index (χ0v) is 17.2. The van der Waals surface area contributed by atoms with Crippen LogP contribution in [0.5, 0.6) is 5.75 Å². The van der Waals surface area contributed by atoms with Gasteiger partial charge in [-0.05, 0) is 41.3 Å². The summed E-state index contributed by atoms with van der Waals surface area (Å²) in [5.74, 6) is -2.45. The number of hydrogen-bond acceptors (Lipinski definition) is 4. The number of Topliss-reactive ketones (excluding diaryl/α,β-unsaturated/α-hetero) is 1. The third kappa shape index (κ3) is 4.23. The maximum Gasteiger partial charge on any atom is 0.437 e. The molecule has 0 spiro atoms. The third-order valence-electron chi connectivity index (χ3n) is 5.43. The predicted molar refractivity (Wildman–Crippen MR) is 107 cm³/mol. The second-order valence-corrected chi connectivity index (χ2v) is 7.73. The van der Waals surface area contributed by atoms with E-state index in [4.69, 9.17) is 4.74 Å². The van der Waals surface area contributed by atoms with Crippen LogP contribution in [0.4, 0.5) is 18.0 Å². The number of ketones is 1. The standard InChI is InChI=1S/C22H23F3N2O4/c1-12(2)13-4-6-14(7-5-13)18-17(19(28)15-8-10-16(31-3)11-9-15)21(30,22(23,24)25)27-20(29)26-18/h4-12,17-18,30H,1-3H3,(H2,26,27,29)/t17-,18-,21+/m0/s1. The summed E-state index contributed by atoms with van der Waals surface area (Å²) in [7, 11) is 1.41. The van der Waals surface area contributed by atoms with Crippen LogP contribution >= 0.6 is 0 Å². The van der Waals surface area contributed by atoms with Crippen LogP contribution in [0.25, 0.3) is 0 Å². The number of benzene rings is 2. The Bertz CT molecular complexity index is 958. The molecule has 3 atom stereocenters. The Labute approximate surface area is 177 Å². The van der Waals surface area contributed by atoms with Crippen molar-refractivity contribution in [3.8, 4) is 5.75 Å². The smallest absolute Gasteiger partial charge is 0.437 e. The number of alkyl halides is 3. The van der Waals surface area contributed by atoms with Crippen LogP contribution in [0.1, 0.15) is 47.3 Å². The number of methoxy groups -OCH3 is 1. The van der Waals surface area contributed by atoms with Crippen LogP contribution in [0.2, 0.25) is 0 Å². The Kier molecular flexibility index (Phi) is 6.00. The molecule has 1 aliphatic rings. The molecule has 0 aromatic heterocycles. The van der Waals surface area contributed by atoms with E-state index in [9.17, 15) is 27.9 Å². The molecule has 1 saturated heterocycles. The molecule has 3 N–H and O–H groups in total. The van der Waals surface area contributed by atoms with Crippen molar-refractivity contribution >= 4 is 11.8 Å². The van der Waals surface area contributed by atoms with Crippen molar-refractivity contribution in [1.82, 2.24) is 10.6 Å². The van der Waals surface area contributed by atoms with Crippen molar-refractivity contribution < 1.29 is 32.6 Å². The van der Waals surface area contributed by atoms with Crippen LogP contribution in [-0.4, -0.2) is 35.9 Å². The SMILES string of the molecule is COc1ccc(C(=O)[C@@H]2[C@H](c3ccc(C(C)C)cc3)NC(=O)N[C@]2(O)C(F)(F)F)cc1. The van der Waals surface area contributed by atoms with E-state index in [-0.39, 0.29) is 17.0 Å². The molecule has 0 saturated carbocycles. The van der Waals surface area contributed by atoms with E-state index in [2.05, 4.69) is 5.32 Å². The lowest BCUT2D eigenvalue weighted by molar-refractivity contribution is -0.287. The highest BCUT2D eigenvalue weighted by Gasteiger charge is 2.66. The van der Waals surface area contributed by atoms with Gasteiger partial charge in [-0.25, -0.2) is 4.79 Å². The number of hydrogen-bond donors (Lipinski definition) is 3. The van der Waals surface area contributed by atoms with Gasteiger partial charge < -0.3 is 20.5 Å². The molecule has 1 aliphatic heterocycles. The topological polar surface area (TPSA) is 87.7 Å². The summed E-state index contributed by atoms with van der Waals surface area (Å²) in [6.45, 7) is 3.92. The largest absolute Gasteiger partial charge is 0.497 e. The van der Waals surface area contributed by atoms with Crippen LogP contribution in [-0.2, 0) is 0 Å². The molecule has 0 bridgehead atoms. The second-order valence-electron chi connectivity index (χ2n) is 7.73. The minimum Gasteiger partial charge on any atom is -0.497 e.